The number of fused-ring (bicyclic) bond motifs is 1. The Labute approximate surface area is 112 Å². The summed E-state index contributed by atoms with van der Waals surface area (Å²) in [5.41, 5.74) is 3.81. The molecule has 0 radical (unpaired) electrons. The third-order valence-electron chi connectivity index (χ3n) is 3.55. The molecule has 98 valence electrons. The molecular formula is C16H16FNO. The second-order valence-corrected chi connectivity index (χ2v) is 4.69. The van der Waals surface area contributed by atoms with Crippen LogP contribution in [0.15, 0.2) is 36.4 Å². The standard InChI is InChI=1S/C16H16FNO/c1-19-14-9-3-7-12(15(14)17)13-8-2-5-11-6-4-10-18-16(11)13/h2-3,5,7-9,18H,4,6,10H2,1H3. The maximum absolute atomic E-state index is 14.4. The van der Waals surface area contributed by atoms with E-state index >= 15 is 0 Å². The first kappa shape index (κ1) is 12.0. The minimum atomic E-state index is -0.300. The molecule has 2 nitrogen and oxygen atoms in total. The number of methoxy groups -OCH3 is 1. The van der Waals surface area contributed by atoms with Gasteiger partial charge in [0.25, 0.3) is 0 Å². The fourth-order valence-electron chi connectivity index (χ4n) is 2.61. The normalized spacial score (nSPS) is 13.6. The summed E-state index contributed by atoms with van der Waals surface area (Å²) < 4.78 is 19.4. The van der Waals surface area contributed by atoms with E-state index in [9.17, 15) is 4.39 Å². The summed E-state index contributed by atoms with van der Waals surface area (Å²) in [5.74, 6) is -0.0170. The van der Waals surface area contributed by atoms with Crippen molar-refractivity contribution in [2.45, 2.75) is 12.8 Å². The largest absolute Gasteiger partial charge is 0.494 e. The smallest absolute Gasteiger partial charge is 0.172 e. The summed E-state index contributed by atoms with van der Waals surface area (Å²) in [7, 11) is 1.49. The number of para-hydroxylation sites is 1. The monoisotopic (exact) mass is 257 g/mol. The lowest BCUT2D eigenvalue weighted by Crippen LogP contribution is -2.12. The zero-order valence-corrected chi connectivity index (χ0v) is 10.9. The number of hydrogen-bond donors (Lipinski definition) is 1. The summed E-state index contributed by atoms with van der Waals surface area (Å²) in [5, 5.41) is 3.39. The van der Waals surface area contributed by atoms with E-state index < -0.39 is 0 Å². The Balaban J connectivity index is 2.17. The first-order valence-corrected chi connectivity index (χ1v) is 6.50. The van der Waals surface area contributed by atoms with E-state index in [1.807, 2.05) is 18.2 Å². The van der Waals surface area contributed by atoms with Crippen molar-refractivity contribution in [1.29, 1.82) is 0 Å². The SMILES string of the molecule is COc1cccc(-c2cccc3c2NCCC3)c1F. The maximum Gasteiger partial charge on any atom is 0.172 e. The van der Waals surface area contributed by atoms with Gasteiger partial charge >= 0.3 is 0 Å². The van der Waals surface area contributed by atoms with Crippen molar-refractivity contribution in [2.24, 2.45) is 0 Å². The van der Waals surface area contributed by atoms with Gasteiger partial charge in [-0.15, -0.1) is 0 Å². The first-order valence-electron chi connectivity index (χ1n) is 6.50. The van der Waals surface area contributed by atoms with Gasteiger partial charge in [-0.1, -0.05) is 30.3 Å². The van der Waals surface area contributed by atoms with Gasteiger partial charge in [-0.25, -0.2) is 4.39 Å². The van der Waals surface area contributed by atoms with Crippen LogP contribution in [0.4, 0.5) is 10.1 Å². The highest BCUT2D eigenvalue weighted by Gasteiger charge is 2.17. The lowest BCUT2D eigenvalue weighted by molar-refractivity contribution is 0.387. The fourth-order valence-corrected chi connectivity index (χ4v) is 2.61. The third-order valence-corrected chi connectivity index (χ3v) is 3.55. The average Bonchev–Trinajstić information content (AvgIpc) is 2.47. The van der Waals surface area contributed by atoms with Gasteiger partial charge in [0.1, 0.15) is 0 Å². The van der Waals surface area contributed by atoms with Crippen molar-refractivity contribution >= 4 is 5.69 Å². The fraction of sp³-hybridized carbons (Fsp3) is 0.250. The van der Waals surface area contributed by atoms with Crippen LogP contribution in [0.25, 0.3) is 11.1 Å². The number of ether oxygens (including phenoxy) is 1. The zero-order valence-electron chi connectivity index (χ0n) is 10.9. The highest BCUT2D eigenvalue weighted by molar-refractivity contribution is 5.81. The van der Waals surface area contributed by atoms with Crippen molar-refractivity contribution < 1.29 is 9.13 Å². The molecule has 0 amide bonds. The van der Waals surface area contributed by atoms with Gasteiger partial charge in [0, 0.05) is 23.4 Å². The third kappa shape index (κ3) is 2.05. The molecule has 1 aliphatic rings. The van der Waals surface area contributed by atoms with Crippen LogP contribution in [-0.2, 0) is 6.42 Å². The van der Waals surface area contributed by atoms with Crippen LogP contribution in [0.3, 0.4) is 0 Å². The molecule has 0 aromatic heterocycles. The Morgan fingerprint density at radius 3 is 2.74 bits per heavy atom. The van der Waals surface area contributed by atoms with Crippen LogP contribution in [0.5, 0.6) is 5.75 Å². The summed E-state index contributed by atoms with van der Waals surface area (Å²) in [6.07, 6.45) is 2.17. The van der Waals surface area contributed by atoms with Crippen molar-refractivity contribution in [2.75, 3.05) is 19.0 Å². The number of nitrogens with one attached hydrogen (secondary N) is 1. The van der Waals surface area contributed by atoms with Crippen molar-refractivity contribution in [3.63, 3.8) is 0 Å². The van der Waals surface area contributed by atoms with Gasteiger partial charge in [0.2, 0.25) is 0 Å². The second kappa shape index (κ2) is 4.92. The van der Waals surface area contributed by atoms with Gasteiger partial charge in [0.15, 0.2) is 11.6 Å². The van der Waals surface area contributed by atoms with Gasteiger partial charge in [-0.2, -0.15) is 0 Å². The second-order valence-electron chi connectivity index (χ2n) is 4.69. The van der Waals surface area contributed by atoms with Gasteiger partial charge < -0.3 is 10.1 Å². The molecule has 1 heterocycles. The molecule has 0 spiro atoms. The summed E-state index contributed by atoms with van der Waals surface area (Å²) >= 11 is 0. The van der Waals surface area contributed by atoms with Gasteiger partial charge in [-0.3, -0.25) is 0 Å². The number of aryl methyl sites for hydroxylation is 1. The Hall–Kier alpha value is -2.03. The minimum absolute atomic E-state index is 0.283. The zero-order chi connectivity index (χ0) is 13.2. The number of halogens is 1. The summed E-state index contributed by atoms with van der Waals surface area (Å²) in [6, 6.07) is 11.3. The van der Waals surface area contributed by atoms with E-state index in [1.165, 1.54) is 12.7 Å². The van der Waals surface area contributed by atoms with Crippen molar-refractivity contribution in [3.8, 4) is 16.9 Å². The molecule has 0 saturated carbocycles. The quantitative estimate of drug-likeness (QED) is 0.882. The molecule has 1 aliphatic heterocycles. The van der Waals surface area contributed by atoms with Crippen LogP contribution in [0, 0.1) is 5.82 Å². The van der Waals surface area contributed by atoms with E-state index in [-0.39, 0.29) is 11.6 Å². The van der Waals surface area contributed by atoms with Crippen LogP contribution in [-0.4, -0.2) is 13.7 Å². The number of hydrogen-bond acceptors (Lipinski definition) is 2. The molecule has 0 atom stereocenters. The Bertz CT molecular complexity index is 610. The predicted molar refractivity (Wildman–Crippen MR) is 75.2 cm³/mol. The lowest BCUT2D eigenvalue weighted by atomic mass is 9.95. The van der Waals surface area contributed by atoms with E-state index in [1.54, 1.807) is 12.1 Å². The van der Waals surface area contributed by atoms with Gasteiger partial charge in [0.05, 0.1) is 7.11 Å². The molecule has 3 heteroatoms. The molecule has 0 fully saturated rings. The highest BCUT2D eigenvalue weighted by Crippen LogP contribution is 2.37. The van der Waals surface area contributed by atoms with Gasteiger partial charge in [-0.05, 0) is 24.5 Å². The van der Waals surface area contributed by atoms with Crippen molar-refractivity contribution in [1.82, 2.24) is 0 Å². The average molecular weight is 257 g/mol. The predicted octanol–water partition coefficient (Wildman–Crippen LogP) is 3.86. The molecule has 0 saturated heterocycles. The van der Waals surface area contributed by atoms with Crippen LogP contribution < -0.4 is 10.1 Å². The number of anilines is 1. The van der Waals surface area contributed by atoms with E-state index in [0.717, 1.165) is 30.6 Å². The topological polar surface area (TPSA) is 21.3 Å². The Morgan fingerprint density at radius 2 is 1.89 bits per heavy atom. The summed E-state index contributed by atoms with van der Waals surface area (Å²) in [4.78, 5) is 0. The molecule has 2 aromatic carbocycles. The minimum Gasteiger partial charge on any atom is -0.494 e. The molecule has 0 unspecified atom stereocenters. The maximum atomic E-state index is 14.4. The van der Waals surface area contributed by atoms with Crippen LogP contribution in [0.1, 0.15) is 12.0 Å². The van der Waals surface area contributed by atoms with Crippen molar-refractivity contribution in [3.05, 3.63) is 47.8 Å². The number of benzene rings is 2. The van der Waals surface area contributed by atoms with Crippen LogP contribution >= 0.6 is 0 Å². The van der Waals surface area contributed by atoms with E-state index in [0.29, 0.717) is 5.56 Å². The molecule has 0 bridgehead atoms. The van der Waals surface area contributed by atoms with E-state index in [2.05, 4.69) is 11.4 Å². The van der Waals surface area contributed by atoms with Crippen LogP contribution in [0.2, 0.25) is 0 Å². The molecular weight excluding hydrogens is 241 g/mol. The molecule has 2 aromatic rings. The molecule has 1 N–H and O–H groups in total. The number of rotatable bonds is 2. The van der Waals surface area contributed by atoms with E-state index in [4.69, 9.17) is 4.74 Å². The summed E-state index contributed by atoms with van der Waals surface area (Å²) in [6.45, 7) is 0.940. The molecule has 0 aliphatic carbocycles. The highest BCUT2D eigenvalue weighted by atomic mass is 19.1. The lowest BCUT2D eigenvalue weighted by Gasteiger charge is -2.21. The first-order chi connectivity index (χ1) is 9.31. The Kier molecular flexibility index (Phi) is 3.11. The Morgan fingerprint density at radius 1 is 1.11 bits per heavy atom. The molecule has 19 heavy (non-hydrogen) atoms. The molecule has 3 rings (SSSR count).